The van der Waals surface area contributed by atoms with Crippen molar-refractivity contribution in [2.45, 2.75) is 13.8 Å². The van der Waals surface area contributed by atoms with Gasteiger partial charge in [0, 0.05) is 0 Å². The highest BCUT2D eigenvalue weighted by Crippen LogP contribution is 2.44. The molecule has 3 heteroatoms. The van der Waals surface area contributed by atoms with E-state index in [1.54, 1.807) is 0 Å². The van der Waals surface area contributed by atoms with Crippen LogP contribution in [0.15, 0.2) is 66.7 Å². The Kier molecular flexibility index (Phi) is 4.20. The van der Waals surface area contributed by atoms with Gasteiger partial charge in [0.1, 0.15) is 11.5 Å². The molecule has 0 amide bonds. The fourth-order valence-electron chi connectivity index (χ4n) is 2.27. The molecular weight excluding hydrogens is 288 g/mol. The molecule has 0 saturated carbocycles. The van der Waals surface area contributed by atoms with Crippen molar-refractivity contribution in [2.75, 3.05) is 0 Å². The Labute approximate surface area is 135 Å². The van der Waals surface area contributed by atoms with E-state index in [-0.39, 0.29) is 5.75 Å². The normalized spacial score (nSPS) is 10.3. The number of para-hydroxylation sites is 2. The van der Waals surface area contributed by atoms with Crippen LogP contribution in [0.25, 0.3) is 0 Å². The van der Waals surface area contributed by atoms with Gasteiger partial charge in [-0.25, -0.2) is 0 Å². The minimum absolute atomic E-state index is 0.000746. The van der Waals surface area contributed by atoms with Gasteiger partial charge in [0.2, 0.25) is 5.75 Å². The number of hydrogen-bond donors (Lipinski definition) is 1. The van der Waals surface area contributed by atoms with Crippen molar-refractivity contribution in [1.82, 2.24) is 0 Å². The molecule has 23 heavy (non-hydrogen) atoms. The van der Waals surface area contributed by atoms with E-state index in [4.69, 9.17) is 9.47 Å². The standard InChI is InChI=1S/C20H18O3/c1-14-13-18(22-16-9-5-3-6-10-16)19(21)20(15(14)2)23-17-11-7-4-8-12-17/h3-13,21H,1-2H3. The van der Waals surface area contributed by atoms with Gasteiger partial charge in [-0.1, -0.05) is 36.4 Å². The SMILES string of the molecule is Cc1cc(Oc2ccccc2)c(O)c(Oc2ccccc2)c1C. The summed E-state index contributed by atoms with van der Waals surface area (Å²) >= 11 is 0. The smallest absolute Gasteiger partial charge is 0.202 e. The molecule has 0 aliphatic rings. The van der Waals surface area contributed by atoms with Crippen LogP contribution >= 0.6 is 0 Å². The Morgan fingerprint density at radius 1 is 0.739 bits per heavy atom. The van der Waals surface area contributed by atoms with Crippen molar-refractivity contribution < 1.29 is 14.6 Å². The quantitative estimate of drug-likeness (QED) is 0.682. The molecule has 3 aromatic carbocycles. The highest BCUT2D eigenvalue weighted by Gasteiger charge is 2.17. The van der Waals surface area contributed by atoms with Crippen LogP contribution in [-0.4, -0.2) is 5.11 Å². The zero-order chi connectivity index (χ0) is 16.2. The van der Waals surface area contributed by atoms with E-state index in [2.05, 4.69) is 0 Å². The van der Waals surface area contributed by atoms with E-state index in [9.17, 15) is 5.11 Å². The van der Waals surface area contributed by atoms with Gasteiger partial charge in [0.25, 0.3) is 0 Å². The zero-order valence-electron chi connectivity index (χ0n) is 13.1. The molecule has 0 radical (unpaired) electrons. The second-order valence-corrected chi connectivity index (χ2v) is 5.32. The Morgan fingerprint density at radius 2 is 1.26 bits per heavy atom. The first-order valence-corrected chi connectivity index (χ1v) is 7.44. The van der Waals surface area contributed by atoms with Crippen LogP contribution in [0.2, 0.25) is 0 Å². The van der Waals surface area contributed by atoms with Crippen LogP contribution < -0.4 is 9.47 Å². The van der Waals surface area contributed by atoms with Crippen LogP contribution in [0.3, 0.4) is 0 Å². The minimum atomic E-state index is 0.000746. The van der Waals surface area contributed by atoms with E-state index in [1.807, 2.05) is 80.6 Å². The molecule has 0 atom stereocenters. The van der Waals surface area contributed by atoms with E-state index < -0.39 is 0 Å². The van der Waals surface area contributed by atoms with Crippen LogP contribution in [0.1, 0.15) is 11.1 Å². The summed E-state index contributed by atoms with van der Waals surface area (Å²) in [6.45, 7) is 3.88. The molecule has 3 aromatic rings. The molecule has 3 rings (SSSR count). The topological polar surface area (TPSA) is 38.7 Å². The molecule has 0 aliphatic heterocycles. The molecule has 0 spiro atoms. The van der Waals surface area contributed by atoms with Crippen molar-refractivity contribution >= 4 is 0 Å². The van der Waals surface area contributed by atoms with Gasteiger partial charge in [0.15, 0.2) is 11.5 Å². The number of benzene rings is 3. The third-order valence-corrected chi connectivity index (χ3v) is 3.66. The lowest BCUT2D eigenvalue weighted by molar-refractivity contribution is 0.376. The van der Waals surface area contributed by atoms with Crippen LogP contribution in [0.4, 0.5) is 0 Å². The minimum Gasteiger partial charge on any atom is -0.502 e. The highest BCUT2D eigenvalue weighted by molar-refractivity contribution is 5.59. The van der Waals surface area contributed by atoms with E-state index >= 15 is 0 Å². The Bertz CT molecular complexity index is 796. The summed E-state index contributed by atoms with van der Waals surface area (Å²) in [5.74, 6) is 2.13. The predicted molar refractivity (Wildman–Crippen MR) is 90.6 cm³/mol. The average Bonchev–Trinajstić information content (AvgIpc) is 2.58. The molecule has 0 fully saturated rings. The molecule has 0 aliphatic carbocycles. The van der Waals surface area contributed by atoms with Crippen molar-refractivity contribution in [3.8, 4) is 28.7 Å². The summed E-state index contributed by atoms with van der Waals surface area (Å²) in [5.41, 5.74) is 1.87. The van der Waals surface area contributed by atoms with E-state index in [1.165, 1.54) is 0 Å². The second kappa shape index (κ2) is 6.44. The molecule has 3 nitrogen and oxygen atoms in total. The number of aryl methyl sites for hydroxylation is 1. The summed E-state index contributed by atoms with van der Waals surface area (Å²) in [6, 6.07) is 20.6. The lowest BCUT2D eigenvalue weighted by Gasteiger charge is -2.16. The number of aromatic hydroxyl groups is 1. The van der Waals surface area contributed by atoms with Gasteiger partial charge in [-0.05, 0) is 55.3 Å². The van der Waals surface area contributed by atoms with Gasteiger partial charge >= 0.3 is 0 Å². The summed E-state index contributed by atoms with van der Waals surface area (Å²) < 4.78 is 11.7. The first kappa shape index (κ1) is 15.0. The third kappa shape index (κ3) is 3.29. The number of hydrogen-bond acceptors (Lipinski definition) is 3. The fourth-order valence-corrected chi connectivity index (χ4v) is 2.27. The third-order valence-electron chi connectivity index (χ3n) is 3.66. The lowest BCUT2D eigenvalue weighted by atomic mass is 10.1. The Hall–Kier alpha value is -2.94. The maximum atomic E-state index is 10.6. The highest BCUT2D eigenvalue weighted by atomic mass is 16.5. The van der Waals surface area contributed by atoms with E-state index in [0.717, 1.165) is 11.1 Å². The molecule has 0 heterocycles. The van der Waals surface area contributed by atoms with Gasteiger partial charge in [-0.15, -0.1) is 0 Å². The molecule has 1 N–H and O–H groups in total. The Balaban J connectivity index is 1.99. The fraction of sp³-hybridized carbons (Fsp3) is 0.100. The molecule has 0 saturated heterocycles. The number of ether oxygens (including phenoxy) is 2. The number of phenols is 1. The van der Waals surface area contributed by atoms with Crippen LogP contribution in [-0.2, 0) is 0 Å². The maximum Gasteiger partial charge on any atom is 0.202 e. The average molecular weight is 306 g/mol. The first-order chi connectivity index (χ1) is 11.1. The summed E-state index contributed by atoms with van der Waals surface area (Å²) in [5, 5.41) is 10.6. The molecular formula is C20H18O3. The second-order valence-electron chi connectivity index (χ2n) is 5.32. The van der Waals surface area contributed by atoms with Gasteiger partial charge < -0.3 is 14.6 Å². The van der Waals surface area contributed by atoms with Gasteiger partial charge in [-0.3, -0.25) is 0 Å². The molecule has 0 aromatic heterocycles. The molecule has 0 unspecified atom stereocenters. The lowest BCUT2D eigenvalue weighted by Crippen LogP contribution is -1.94. The summed E-state index contributed by atoms with van der Waals surface area (Å²) in [4.78, 5) is 0. The monoisotopic (exact) mass is 306 g/mol. The largest absolute Gasteiger partial charge is 0.502 e. The van der Waals surface area contributed by atoms with Gasteiger partial charge in [-0.2, -0.15) is 0 Å². The maximum absolute atomic E-state index is 10.6. The van der Waals surface area contributed by atoms with Crippen molar-refractivity contribution in [3.63, 3.8) is 0 Å². The Morgan fingerprint density at radius 3 is 1.83 bits per heavy atom. The number of rotatable bonds is 4. The molecule has 0 bridgehead atoms. The zero-order valence-corrected chi connectivity index (χ0v) is 13.1. The van der Waals surface area contributed by atoms with Gasteiger partial charge in [0.05, 0.1) is 0 Å². The molecule has 116 valence electrons. The van der Waals surface area contributed by atoms with Crippen LogP contribution in [0, 0.1) is 13.8 Å². The van der Waals surface area contributed by atoms with Crippen LogP contribution in [0.5, 0.6) is 28.7 Å². The first-order valence-electron chi connectivity index (χ1n) is 7.44. The predicted octanol–water partition coefficient (Wildman–Crippen LogP) is 5.59. The van der Waals surface area contributed by atoms with Crippen molar-refractivity contribution in [2.24, 2.45) is 0 Å². The summed E-state index contributed by atoms with van der Waals surface area (Å²) in [6.07, 6.45) is 0. The number of phenolic OH excluding ortho intramolecular Hbond substituents is 1. The van der Waals surface area contributed by atoms with E-state index in [0.29, 0.717) is 23.0 Å². The van der Waals surface area contributed by atoms with Crippen molar-refractivity contribution in [3.05, 3.63) is 77.9 Å². The van der Waals surface area contributed by atoms with Crippen molar-refractivity contribution in [1.29, 1.82) is 0 Å². The summed E-state index contributed by atoms with van der Waals surface area (Å²) in [7, 11) is 0.